The molecule has 0 unspecified atom stereocenters. The molecule has 1 fully saturated rings. The van der Waals surface area contributed by atoms with E-state index in [2.05, 4.69) is 6.07 Å². The first-order valence-electron chi connectivity index (χ1n) is 10.3. The molecule has 1 saturated heterocycles. The highest BCUT2D eigenvalue weighted by molar-refractivity contribution is 6.01. The Morgan fingerprint density at radius 3 is 2.25 bits per heavy atom. The zero-order valence-corrected chi connectivity index (χ0v) is 17.0. The van der Waals surface area contributed by atoms with Crippen molar-refractivity contribution in [1.82, 2.24) is 4.90 Å². The molecule has 0 aromatic heterocycles. The molecule has 5 rings (SSSR count). The lowest BCUT2D eigenvalue weighted by molar-refractivity contribution is -0.559. The number of carbonyl (C=O) groups is 1. The average molecular weight is 421 g/mol. The van der Waals surface area contributed by atoms with Crippen LogP contribution in [0, 0.1) is 21.4 Å². The van der Waals surface area contributed by atoms with E-state index in [1.807, 2.05) is 42.5 Å². The molecule has 156 valence electrons. The number of carbonyl (C=O) groups excluding carboxylic acids is 1. The summed E-state index contributed by atoms with van der Waals surface area (Å²) >= 11 is 0. The highest BCUT2D eigenvalue weighted by Gasteiger charge is 2.71. The number of fused-ring (bicyclic) bond motifs is 3. The minimum absolute atomic E-state index is 0.243. The van der Waals surface area contributed by atoms with E-state index in [0.29, 0.717) is 16.7 Å². The summed E-state index contributed by atoms with van der Waals surface area (Å²) in [6, 6.07) is 25.3. The summed E-state index contributed by atoms with van der Waals surface area (Å²) in [5.74, 6) is -1.20. The second-order valence-corrected chi connectivity index (χ2v) is 8.05. The smallest absolute Gasteiger partial charge is 0.338 e. The fourth-order valence-electron chi connectivity index (χ4n) is 5.17. The van der Waals surface area contributed by atoms with Crippen molar-refractivity contribution in [2.75, 3.05) is 0 Å². The van der Waals surface area contributed by atoms with Crippen molar-refractivity contribution >= 4 is 11.9 Å². The molecule has 3 aromatic rings. The molecule has 0 spiro atoms. The summed E-state index contributed by atoms with van der Waals surface area (Å²) in [6.07, 6.45) is 3.59. The molecule has 4 atom stereocenters. The Kier molecular flexibility index (Phi) is 4.60. The summed E-state index contributed by atoms with van der Waals surface area (Å²) in [5.41, 5.74) is 0.506. The van der Waals surface area contributed by atoms with Gasteiger partial charge in [-0.2, -0.15) is 5.26 Å². The van der Waals surface area contributed by atoms with Gasteiger partial charge in [-0.3, -0.25) is 14.9 Å². The fraction of sp³-hybridized carbons (Fsp3) is 0.154. The number of hydrogen-bond donors (Lipinski definition) is 0. The third kappa shape index (κ3) is 2.68. The Morgan fingerprint density at radius 1 is 0.969 bits per heavy atom. The number of nitro groups is 1. The zero-order chi connectivity index (χ0) is 22.3. The predicted octanol–water partition coefficient (Wildman–Crippen LogP) is 4.60. The molecule has 32 heavy (non-hydrogen) atoms. The van der Waals surface area contributed by atoms with Gasteiger partial charge in [-0.1, -0.05) is 84.9 Å². The van der Waals surface area contributed by atoms with Gasteiger partial charge < -0.3 is 4.90 Å². The highest BCUT2D eigenvalue weighted by atomic mass is 16.6. The predicted molar refractivity (Wildman–Crippen MR) is 119 cm³/mol. The largest absolute Gasteiger partial charge is 0.351 e. The number of ketones is 1. The monoisotopic (exact) mass is 421 g/mol. The number of Topliss-reactive ketones (excluding diaryl/α,β-unsaturated/α-hetero) is 1. The van der Waals surface area contributed by atoms with Crippen LogP contribution < -0.4 is 0 Å². The molecular weight excluding hydrogens is 402 g/mol. The van der Waals surface area contributed by atoms with Gasteiger partial charge in [0.2, 0.25) is 0 Å². The third-order valence-electron chi connectivity index (χ3n) is 6.51. The second kappa shape index (κ2) is 7.47. The van der Waals surface area contributed by atoms with Crippen LogP contribution in [0.1, 0.15) is 39.0 Å². The maximum Gasteiger partial charge on any atom is 0.338 e. The number of benzene rings is 3. The van der Waals surface area contributed by atoms with Crippen molar-refractivity contribution in [1.29, 1.82) is 5.26 Å². The molecule has 0 aliphatic carbocycles. The van der Waals surface area contributed by atoms with Crippen LogP contribution >= 0.6 is 0 Å². The normalized spacial score (nSPS) is 25.5. The van der Waals surface area contributed by atoms with Crippen LogP contribution in [-0.2, 0) is 0 Å². The van der Waals surface area contributed by atoms with Gasteiger partial charge in [-0.05, 0) is 22.8 Å². The van der Waals surface area contributed by atoms with Crippen LogP contribution in [0.25, 0.3) is 6.08 Å². The SMILES string of the molecule is N#C[C@]1([N+](=O)[O-])[C@H](c2ccccc2)[C@H](C(=O)c2ccccc2)N2C=Cc3ccccc3[C@@H]21. The quantitative estimate of drug-likeness (QED) is 0.349. The van der Waals surface area contributed by atoms with Gasteiger partial charge in [0.25, 0.3) is 0 Å². The van der Waals surface area contributed by atoms with Gasteiger partial charge in [-0.15, -0.1) is 0 Å². The molecule has 2 heterocycles. The molecule has 6 nitrogen and oxygen atoms in total. The minimum atomic E-state index is -2.04. The van der Waals surface area contributed by atoms with Gasteiger partial charge in [0, 0.05) is 16.7 Å². The van der Waals surface area contributed by atoms with Crippen molar-refractivity contribution in [3.05, 3.63) is 123 Å². The van der Waals surface area contributed by atoms with E-state index in [0.717, 1.165) is 5.56 Å². The Labute approximate surface area is 185 Å². The van der Waals surface area contributed by atoms with Gasteiger partial charge in [-0.25, -0.2) is 0 Å². The molecule has 0 N–H and O–H groups in total. The Bertz CT molecular complexity index is 1270. The van der Waals surface area contributed by atoms with Crippen molar-refractivity contribution in [2.24, 2.45) is 0 Å². The van der Waals surface area contributed by atoms with Crippen molar-refractivity contribution in [3.8, 4) is 6.07 Å². The van der Waals surface area contributed by atoms with E-state index >= 15 is 0 Å². The van der Waals surface area contributed by atoms with Crippen molar-refractivity contribution < 1.29 is 9.72 Å². The van der Waals surface area contributed by atoms with Crippen LogP contribution in [0.2, 0.25) is 0 Å². The van der Waals surface area contributed by atoms with Gasteiger partial charge >= 0.3 is 5.54 Å². The van der Waals surface area contributed by atoms with Crippen LogP contribution in [0.15, 0.2) is 91.1 Å². The molecular formula is C26H19N3O3. The summed E-state index contributed by atoms with van der Waals surface area (Å²) in [7, 11) is 0. The number of hydrogen-bond acceptors (Lipinski definition) is 5. The van der Waals surface area contributed by atoms with Crippen molar-refractivity contribution in [2.45, 2.75) is 23.5 Å². The summed E-state index contributed by atoms with van der Waals surface area (Å²) < 4.78 is 0. The van der Waals surface area contributed by atoms with Gasteiger partial charge in [0.15, 0.2) is 11.9 Å². The van der Waals surface area contributed by atoms with Crippen molar-refractivity contribution in [3.63, 3.8) is 0 Å². The van der Waals surface area contributed by atoms with E-state index in [-0.39, 0.29) is 5.78 Å². The summed E-state index contributed by atoms with van der Waals surface area (Å²) in [4.78, 5) is 27.8. The van der Waals surface area contributed by atoms with Crippen LogP contribution in [0.5, 0.6) is 0 Å². The number of nitrogens with zero attached hydrogens (tertiary/aromatic N) is 3. The lowest BCUT2D eigenvalue weighted by Gasteiger charge is -2.33. The van der Waals surface area contributed by atoms with E-state index < -0.39 is 28.5 Å². The lowest BCUT2D eigenvalue weighted by Crippen LogP contribution is -2.46. The standard InChI is InChI=1S/C26H19N3O3/c27-17-26(29(31)32)22(19-10-3-1-4-11-19)23(24(30)20-12-5-2-6-13-20)28-16-15-18-9-7-8-14-21(18)25(26)28/h1-16,22-23,25H/t22-,23-,25-,26+/m1/s1. The molecule has 3 aromatic carbocycles. The Balaban J connectivity index is 1.80. The zero-order valence-electron chi connectivity index (χ0n) is 17.0. The molecule has 0 amide bonds. The van der Waals surface area contributed by atoms with Crippen LogP contribution in [0.3, 0.4) is 0 Å². The molecule has 6 heteroatoms. The summed E-state index contributed by atoms with van der Waals surface area (Å²) in [5, 5.41) is 23.1. The van der Waals surface area contributed by atoms with Gasteiger partial charge in [0.1, 0.15) is 12.1 Å². The summed E-state index contributed by atoms with van der Waals surface area (Å²) in [6.45, 7) is 0. The average Bonchev–Trinajstić information content (AvgIpc) is 3.16. The number of rotatable bonds is 4. The van der Waals surface area contributed by atoms with Gasteiger partial charge in [0.05, 0.1) is 5.92 Å². The third-order valence-corrected chi connectivity index (χ3v) is 6.51. The Morgan fingerprint density at radius 2 is 1.59 bits per heavy atom. The maximum absolute atomic E-state index is 13.8. The second-order valence-electron chi connectivity index (χ2n) is 8.05. The molecule has 2 aliphatic heterocycles. The maximum atomic E-state index is 13.8. The van der Waals surface area contributed by atoms with E-state index in [9.17, 15) is 20.2 Å². The highest BCUT2D eigenvalue weighted by Crippen LogP contribution is 2.56. The molecule has 0 bridgehead atoms. The fourth-order valence-corrected chi connectivity index (χ4v) is 5.17. The minimum Gasteiger partial charge on any atom is -0.351 e. The molecule has 2 aliphatic rings. The molecule has 0 saturated carbocycles. The first-order valence-corrected chi connectivity index (χ1v) is 10.3. The molecule has 0 radical (unpaired) electrons. The number of nitriles is 1. The van der Waals surface area contributed by atoms with Crippen LogP contribution in [0.4, 0.5) is 0 Å². The van der Waals surface area contributed by atoms with Crippen LogP contribution in [-0.4, -0.2) is 27.2 Å². The van der Waals surface area contributed by atoms with E-state index in [4.69, 9.17) is 0 Å². The topological polar surface area (TPSA) is 87.2 Å². The van der Waals surface area contributed by atoms with E-state index in [1.165, 1.54) is 0 Å². The van der Waals surface area contributed by atoms with E-state index in [1.54, 1.807) is 59.6 Å². The Hall–Kier alpha value is -4.24. The first-order chi connectivity index (χ1) is 15.6. The first kappa shape index (κ1) is 19.7. The lowest BCUT2D eigenvalue weighted by atomic mass is 9.73.